The van der Waals surface area contributed by atoms with Gasteiger partial charge in [0.05, 0.1) is 6.42 Å². The molecule has 1 amide bonds. The third kappa shape index (κ3) is 3.46. The number of carboxylic acids is 1. The van der Waals surface area contributed by atoms with Gasteiger partial charge in [0.2, 0.25) is 5.91 Å². The zero-order valence-electron chi connectivity index (χ0n) is 13.0. The number of carboxylic acid groups (broad SMARTS) is 1. The van der Waals surface area contributed by atoms with Crippen LogP contribution in [0.3, 0.4) is 0 Å². The van der Waals surface area contributed by atoms with Gasteiger partial charge in [-0.1, -0.05) is 0 Å². The molecule has 0 saturated carbocycles. The molecule has 0 aromatic heterocycles. The predicted octanol–water partition coefficient (Wildman–Crippen LogP) is 2.04. The van der Waals surface area contributed by atoms with Gasteiger partial charge >= 0.3 is 5.97 Å². The molecule has 6 heteroatoms. The Morgan fingerprint density at radius 1 is 1.17 bits per heavy atom. The number of halogens is 1. The first-order valence-electron chi connectivity index (χ1n) is 8.09. The number of aliphatic carboxylic acids is 1. The lowest BCUT2D eigenvalue weighted by atomic mass is 10.0. The van der Waals surface area contributed by atoms with Crippen LogP contribution in [-0.4, -0.2) is 47.6 Å². The molecule has 2 heterocycles. The summed E-state index contributed by atoms with van der Waals surface area (Å²) in [6.07, 6.45) is 2.58. The highest BCUT2D eigenvalue weighted by atomic mass is 19.1. The second-order valence-corrected chi connectivity index (χ2v) is 6.22. The number of fused-ring (bicyclic) bond motifs is 1. The Kier molecular flexibility index (Phi) is 4.50. The van der Waals surface area contributed by atoms with Crippen LogP contribution in [-0.2, 0) is 16.0 Å². The number of piperidine rings is 1. The van der Waals surface area contributed by atoms with Crippen molar-refractivity contribution in [2.24, 2.45) is 0 Å². The van der Waals surface area contributed by atoms with Crippen molar-refractivity contribution in [1.29, 1.82) is 0 Å². The van der Waals surface area contributed by atoms with Crippen LogP contribution in [0.5, 0.6) is 0 Å². The molecule has 1 N–H and O–H groups in total. The summed E-state index contributed by atoms with van der Waals surface area (Å²) in [5.74, 6) is -1.20. The lowest BCUT2D eigenvalue weighted by Crippen LogP contribution is -2.46. The summed E-state index contributed by atoms with van der Waals surface area (Å²) in [5.41, 5.74) is 2.17. The Bertz CT molecular complexity index is 612. The van der Waals surface area contributed by atoms with Gasteiger partial charge in [0, 0.05) is 37.8 Å². The number of anilines is 1. The Morgan fingerprint density at radius 3 is 2.61 bits per heavy atom. The molecule has 0 bridgehead atoms. The molecule has 0 atom stereocenters. The summed E-state index contributed by atoms with van der Waals surface area (Å²) in [6, 6.07) is 5.33. The lowest BCUT2D eigenvalue weighted by Gasteiger charge is -2.38. The molecular formula is C17H21FN2O3. The second-order valence-electron chi connectivity index (χ2n) is 6.22. The van der Waals surface area contributed by atoms with E-state index in [-0.39, 0.29) is 24.6 Å². The minimum atomic E-state index is -0.936. The van der Waals surface area contributed by atoms with Crippen LogP contribution in [0.25, 0.3) is 0 Å². The van der Waals surface area contributed by atoms with E-state index in [9.17, 15) is 14.0 Å². The molecule has 23 heavy (non-hydrogen) atoms. The number of hydrogen-bond donors (Lipinski definition) is 1. The fourth-order valence-electron chi connectivity index (χ4n) is 3.57. The number of benzene rings is 1. The van der Waals surface area contributed by atoms with Crippen LogP contribution >= 0.6 is 0 Å². The average Bonchev–Trinajstić information content (AvgIpc) is 2.95. The van der Waals surface area contributed by atoms with Gasteiger partial charge in [0.15, 0.2) is 0 Å². The van der Waals surface area contributed by atoms with Crippen molar-refractivity contribution in [1.82, 2.24) is 4.90 Å². The van der Waals surface area contributed by atoms with Crippen LogP contribution in [0.15, 0.2) is 18.2 Å². The molecule has 124 valence electrons. The van der Waals surface area contributed by atoms with E-state index in [0.29, 0.717) is 19.1 Å². The predicted molar refractivity (Wildman–Crippen MR) is 83.9 cm³/mol. The zero-order valence-corrected chi connectivity index (χ0v) is 13.0. The number of carbonyl (C=O) groups is 2. The molecule has 2 aliphatic rings. The van der Waals surface area contributed by atoms with Crippen LogP contribution in [0.1, 0.15) is 31.2 Å². The largest absolute Gasteiger partial charge is 0.481 e. The fraction of sp³-hybridized carbons (Fsp3) is 0.529. The molecule has 0 radical (unpaired) electrons. The monoisotopic (exact) mass is 320 g/mol. The first kappa shape index (κ1) is 15.8. The van der Waals surface area contributed by atoms with E-state index in [4.69, 9.17) is 5.11 Å². The maximum Gasteiger partial charge on any atom is 0.303 e. The van der Waals surface area contributed by atoms with Gasteiger partial charge in [-0.15, -0.1) is 0 Å². The van der Waals surface area contributed by atoms with Crippen LogP contribution in [0, 0.1) is 5.82 Å². The van der Waals surface area contributed by atoms with Gasteiger partial charge < -0.3 is 14.9 Å². The highest BCUT2D eigenvalue weighted by Gasteiger charge is 2.30. The number of amides is 1. The summed E-state index contributed by atoms with van der Waals surface area (Å²) in [5, 5.41) is 8.65. The topological polar surface area (TPSA) is 60.9 Å². The molecule has 3 rings (SSSR count). The van der Waals surface area contributed by atoms with E-state index in [1.165, 1.54) is 6.07 Å². The second kappa shape index (κ2) is 6.56. The number of hydrogen-bond acceptors (Lipinski definition) is 3. The van der Waals surface area contributed by atoms with Crippen molar-refractivity contribution in [3.05, 3.63) is 29.6 Å². The normalized spacial score (nSPS) is 18.1. The quantitative estimate of drug-likeness (QED) is 0.922. The van der Waals surface area contributed by atoms with E-state index < -0.39 is 5.97 Å². The first-order chi connectivity index (χ1) is 11.0. The third-order valence-corrected chi connectivity index (χ3v) is 4.78. The van der Waals surface area contributed by atoms with E-state index in [0.717, 1.165) is 37.1 Å². The Labute approximate surface area is 134 Å². The van der Waals surface area contributed by atoms with Gasteiger partial charge in [-0.25, -0.2) is 4.39 Å². The molecule has 0 aliphatic carbocycles. The third-order valence-electron chi connectivity index (χ3n) is 4.78. The number of rotatable bonds is 4. The zero-order chi connectivity index (χ0) is 16.4. The van der Waals surface area contributed by atoms with Gasteiger partial charge in [-0.3, -0.25) is 9.59 Å². The molecule has 0 unspecified atom stereocenters. The van der Waals surface area contributed by atoms with Crippen molar-refractivity contribution < 1.29 is 19.1 Å². The maximum absolute atomic E-state index is 13.3. The van der Waals surface area contributed by atoms with Crippen LogP contribution in [0.4, 0.5) is 10.1 Å². The highest BCUT2D eigenvalue weighted by Crippen LogP contribution is 2.33. The SMILES string of the molecule is O=C(O)CCC(=O)N1CCC(N2CCc3cc(F)ccc32)CC1. The minimum Gasteiger partial charge on any atom is -0.481 e. The van der Waals surface area contributed by atoms with Crippen molar-refractivity contribution >= 4 is 17.6 Å². The smallest absolute Gasteiger partial charge is 0.303 e. The van der Waals surface area contributed by atoms with Crippen molar-refractivity contribution in [2.45, 2.75) is 38.1 Å². The Morgan fingerprint density at radius 2 is 1.91 bits per heavy atom. The number of carbonyl (C=O) groups excluding carboxylic acids is 1. The summed E-state index contributed by atoms with van der Waals surface area (Å²) in [7, 11) is 0. The molecule has 1 aromatic carbocycles. The molecule has 2 aliphatic heterocycles. The van der Waals surface area contributed by atoms with E-state index in [1.807, 2.05) is 6.07 Å². The van der Waals surface area contributed by atoms with Gasteiger partial charge in [0.25, 0.3) is 0 Å². The molecule has 1 fully saturated rings. The summed E-state index contributed by atoms with van der Waals surface area (Å²) >= 11 is 0. The van der Waals surface area contributed by atoms with Gasteiger partial charge in [0.1, 0.15) is 5.82 Å². The maximum atomic E-state index is 13.3. The summed E-state index contributed by atoms with van der Waals surface area (Å²) in [4.78, 5) is 26.6. The van der Waals surface area contributed by atoms with E-state index in [2.05, 4.69) is 4.90 Å². The van der Waals surface area contributed by atoms with E-state index >= 15 is 0 Å². The number of nitrogens with zero attached hydrogens (tertiary/aromatic N) is 2. The Balaban J connectivity index is 1.56. The van der Waals surface area contributed by atoms with E-state index in [1.54, 1.807) is 11.0 Å². The van der Waals surface area contributed by atoms with Gasteiger partial charge in [-0.2, -0.15) is 0 Å². The van der Waals surface area contributed by atoms with Gasteiger partial charge in [-0.05, 0) is 43.0 Å². The lowest BCUT2D eigenvalue weighted by molar-refractivity contribution is -0.141. The molecule has 5 nitrogen and oxygen atoms in total. The highest BCUT2D eigenvalue weighted by molar-refractivity contribution is 5.80. The Hall–Kier alpha value is -2.11. The molecule has 0 spiro atoms. The first-order valence-corrected chi connectivity index (χ1v) is 8.09. The minimum absolute atomic E-state index is 0.0743. The van der Waals surface area contributed by atoms with Crippen LogP contribution < -0.4 is 4.90 Å². The average molecular weight is 320 g/mol. The number of likely N-dealkylation sites (tertiary alicyclic amines) is 1. The molecule has 1 aromatic rings. The van der Waals surface area contributed by atoms with Crippen molar-refractivity contribution in [2.75, 3.05) is 24.5 Å². The fourth-order valence-corrected chi connectivity index (χ4v) is 3.57. The molecule has 1 saturated heterocycles. The van der Waals surface area contributed by atoms with Crippen molar-refractivity contribution in [3.8, 4) is 0 Å². The summed E-state index contributed by atoms with van der Waals surface area (Å²) < 4.78 is 13.3. The van der Waals surface area contributed by atoms with Crippen molar-refractivity contribution in [3.63, 3.8) is 0 Å². The standard InChI is InChI=1S/C17H21FN2O3/c18-13-1-2-15-12(11-13)5-10-20(15)14-6-8-19(9-7-14)16(21)3-4-17(22)23/h1-2,11,14H,3-10H2,(H,22,23). The molecular weight excluding hydrogens is 299 g/mol. The van der Waals surface area contributed by atoms with Crippen LogP contribution in [0.2, 0.25) is 0 Å². The summed E-state index contributed by atoms with van der Waals surface area (Å²) in [6.45, 7) is 2.22.